The lowest BCUT2D eigenvalue weighted by molar-refractivity contribution is 0.0697. The summed E-state index contributed by atoms with van der Waals surface area (Å²) in [5, 5.41) is 12.1. The molecular formula is C15H11N3O4S. The van der Waals surface area contributed by atoms with Gasteiger partial charge in [0.2, 0.25) is 5.88 Å². The smallest absolute Gasteiger partial charge is 0.335 e. The van der Waals surface area contributed by atoms with E-state index in [2.05, 4.69) is 15.3 Å². The van der Waals surface area contributed by atoms with Crippen LogP contribution in [-0.4, -0.2) is 34.1 Å². The summed E-state index contributed by atoms with van der Waals surface area (Å²) in [6, 6.07) is 7.72. The van der Waals surface area contributed by atoms with Crippen molar-refractivity contribution in [2.24, 2.45) is 0 Å². The van der Waals surface area contributed by atoms with Crippen LogP contribution in [0, 0.1) is 0 Å². The molecule has 8 heteroatoms. The van der Waals surface area contributed by atoms with Crippen LogP contribution >= 0.6 is 11.3 Å². The number of carboxylic acids is 1. The lowest BCUT2D eigenvalue weighted by Crippen LogP contribution is -2.11. The van der Waals surface area contributed by atoms with Gasteiger partial charge in [-0.25, -0.2) is 14.8 Å². The van der Waals surface area contributed by atoms with Crippen molar-refractivity contribution >= 4 is 38.6 Å². The molecule has 0 saturated heterocycles. The average molecular weight is 329 g/mol. The van der Waals surface area contributed by atoms with Gasteiger partial charge in [-0.2, -0.15) is 0 Å². The summed E-state index contributed by atoms with van der Waals surface area (Å²) in [4.78, 5) is 31.4. The number of amides is 1. The molecule has 0 fully saturated rings. The van der Waals surface area contributed by atoms with Gasteiger partial charge in [-0.1, -0.05) is 11.3 Å². The van der Waals surface area contributed by atoms with E-state index in [0.717, 1.165) is 4.70 Å². The lowest BCUT2D eigenvalue weighted by atomic mass is 10.2. The van der Waals surface area contributed by atoms with Gasteiger partial charge in [0, 0.05) is 17.8 Å². The fourth-order valence-electron chi connectivity index (χ4n) is 1.95. The Hall–Kier alpha value is -3.00. The number of carboxylic acid groups (broad SMARTS) is 1. The van der Waals surface area contributed by atoms with Crippen LogP contribution in [0.4, 0.5) is 5.13 Å². The first-order valence-electron chi connectivity index (χ1n) is 6.52. The third-order valence-electron chi connectivity index (χ3n) is 3.06. The van der Waals surface area contributed by atoms with Gasteiger partial charge >= 0.3 is 5.97 Å². The van der Waals surface area contributed by atoms with E-state index in [1.807, 2.05) is 0 Å². The van der Waals surface area contributed by atoms with E-state index < -0.39 is 5.97 Å². The fourth-order valence-corrected chi connectivity index (χ4v) is 2.79. The maximum absolute atomic E-state index is 12.2. The third-order valence-corrected chi connectivity index (χ3v) is 4.01. The maximum Gasteiger partial charge on any atom is 0.335 e. The number of pyridine rings is 1. The van der Waals surface area contributed by atoms with Gasteiger partial charge < -0.3 is 9.84 Å². The number of fused-ring (bicyclic) bond motifs is 1. The second-order valence-electron chi connectivity index (χ2n) is 4.55. The first kappa shape index (κ1) is 14.9. The topological polar surface area (TPSA) is 101 Å². The molecule has 0 spiro atoms. The number of aromatic carboxylic acids is 1. The zero-order chi connectivity index (χ0) is 16.4. The average Bonchev–Trinajstić information content (AvgIpc) is 2.96. The number of aromatic nitrogens is 2. The first-order chi connectivity index (χ1) is 11.1. The number of rotatable bonds is 4. The second-order valence-corrected chi connectivity index (χ2v) is 5.58. The number of benzene rings is 1. The van der Waals surface area contributed by atoms with Crippen LogP contribution in [0.5, 0.6) is 5.88 Å². The van der Waals surface area contributed by atoms with Gasteiger partial charge in [0.25, 0.3) is 5.91 Å². The molecule has 0 aliphatic heterocycles. The number of ether oxygens (including phenoxy) is 1. The Morgan fingerprint density at radius 3 is 2.78 bits per heavy atom. The van der Waals surface area contributed by atoms with Crippen molar-refractivity contribution in [2.45, 2.75) is 0 Å². The van der Waals surface area contributed by atoms with E-state index >= 15 is 0 Å². The molecule has 0 aliphatic carbocycles. The summed E-state index contributed by atoms with van der Waals surface area (Å²) < 4.78 is 5.77. The predicted molar refractivity (Wildman–Crippen MR) is 85.3 cm³/mol. The first-order valence-corrected chi connectivity index (χ1v) is 7.34. The van der Waals surface area contributed by atoms with Gasteiger partial charge in [-0.15, -0.1) is 0 Å². The quantitative estimate of drug-likeness (QED) is 0.763. The molecule has 0 bridgehead atoms. The molecule has 0 saturated carbocycles. The monoisotopic (exact) mass is 329 g/mol. The minimum atomic E-state index is -1.02. The minimum Gasteiger partial charge on any atom is -0.481 e. The number of anilines is 1. The van der Waals surface area contributed by atoms with Crippen LogP contribution in [-0.2, 0) is 0 Å². The van der Waals surface area contributed by atoms with Crippen molar-refractivity contribution in [1.29, 1.82) is 0 Å². The number of carbonyl (C=O) groups is 2. The standard InChI is InChI=1S/C15H11N3O4S/c1-22-12-7-8(4-5-16-12)13(19)18-15-17-10-6-9(14(20)21)2-3-11(10)23-15/h2-7H,1H3,(H,20,21)(H,17,18,19). The zero-order valence-electron chi connectivity index (χ0n) is 11.9. The highest BCUT2D eigenvalue weighted by molar-refractivity contribution is 7.22. The molecule has 2 N–H and O–H groups in total. The summed E-state index contributed by atoms with van der Waals surface area (Å²) in [7, 11) is 1.47. The molecule has 3 rings (SSSR count). The van der Waals surface area contributed by atoms with Crippen LogP contribution < -0.4 is 10.1 Å². The molecule has 3 aromatic rings. The largest absolute Gasteiger partial charge is 0.481 e. The van der Waals surface area contributed by atoms with Gasteiger partial charge in [0.05, 0.1) is 22.9 Å². The number of nitrogens with one attached hydrogen (secondary N) is 1. The van der Waals surface area contributed by atoms with Gasteiger partial charge in [-0.05, 0) is 24.3 Å². The van der Waals surface area contributed by atoms with Gasteiger partial charge in [0.15, 0.2) is 5.13 Å². The molecular weight excluding hydrogens is 318 g/mol. The summed E-state index contributed by atoms with van der Waals surface area (Å²) in [6.07, 6.45) is 1.48. The Bertz CT molecular complexity index is 907. The van der Waals surface area contributed by atoms with Crippen LogP contribution in [0.25, 0.3) is 10.2 Å². The summed E-state index contributed by atoms with van der Waals surface area (Å²) in [6.45, 7) is 0. The molecule has 116 valence electrons. The van der Waals surface area contributed by atoms with E-state index in [-0.39, 0.29) is 11.5 Å². The zero-order valence-corrected chi connectivity index (χ0v) is 12.8. The van der Waals surface area contributed by atoms with Crippen LogP contribution in [0.15, 0.2) is 36.5 Å². The predicted octanol–water partition coefficient (Wildman–Crippen LogP) is 2.65. The number of nitrogens with zero attached hydrogens (tertiary/aromatic N) is 2. The van der Waals surface area contributed by atoms with Crippen LogP contribution in [0.1, 0.15) is 20.7 Å². The summed E-state index contributed by atoms with van der Waals surface area (Å²) in [5.74, 6) is -1.02. The van der Waals surface area contributed by atoms with Crippen LogP contribution in [0.2, 0.25) is 0 Å². The Morgan fingerprint density at radius 1 is 1.22 bits per heavy atom. The Balaban J connectivity index is 1.85. The van der Waals surface area contributed by atoms with Crippen molar-refractivity contribution in [3.8, 4) is 5.88 Å². The molecule has 0 aliphatic rings. The third kappa shape index (κ3) is 3.11. The Kier molecular flexibility index (Phi) is 3.90. The highest BCUT2D eigenvalue weighted by atomic mass is 32.1. The molecule has 2 aromatic heterocycles. The highest BCUT2D eigenvalue weighted by Crippen LogP contribution is 2.27. The second kappa shape index (κ2) is 6.01. The van der Waals surface area contributed by atoms with E-state index in [1.54, 1.807) is 12.1 Å². The summed E-state index contributed by atoms with van der Waals surface area (Å²) in [5.41, 5.74) is 1.07. The summed E-state index contributed by atoms with van der Waals surface area (Å²) >= 11 is 1.27. The van der Waals surface area contributed by atoms with Gasteiger partial charge in [-0.3, -0.25) is 10.1 Å². The number of carbonyl (C=O) groups excluding carboxylic acids is 1. The molecule has 0 radical (unpaired) electrons. The molecule has 1 amide bonds. The van der Waals surface area contributed by atoms with Crippen LogP contribution in [0.3, 0.4) is 0 Å². The van der Waals surface area contributed by atoms with Crippen molar-refractivity contribution in [1.82, 2.24) is 9.97 Å². The van der Waals surface area contributed by atoms with E-state index in [0.29, 0.717) is 22.1 Å². The van der Waals surface area contributed by atoms with E-state index in [9.17, 15) is 9.59 Å². The maximum atomic E-state index is 12.2. The normalized spacial score (nSPS) is 10.5. The van der Waals surface area contributed by atoms with Crippen molar-refractivity contribution in [3.05, 3.63) is 47.7 Å². The number of hydrogen-bond donors (Lipinski definition) is 2. The lowest BCUT2D eigenvalue weighted by Gasteiger charge is -2.03. The minimum absolute atomic E-state index is 0.152. The SMILES string of the molecule is COc1cc(C(=O)Nc2nc3cc(C(=O)O)ccc3s2)ccn1. The molecule has 0 atom stereocenters. The highest BCUT2D eigenvalue weighted by Gasteiger charge is 2.12. The van der Waals surface area contributed by atoms with E-state index in [1.165, 1.54) is 42.8 Å². The Morgan fingerprint density at radius 2 is 2.04 bits per heavy atom. The van der Waals surface area contributed by atoms with Crippen molar-refractivity contribution in [3.63, 3.8) is 0 Å². The van der Waals surface area contributed by atoms with Crippen molar-refractivity contribution in [2.75, 3.05) is 12.4 Å². The number of hydrogen-bond acceptors (Lipinski definition) is 6. The molecule has 23 heavy (non-hydrogen) atoms. The molecule has 0 unspecified atom stereocenters. The fraction of sp³-hybridized carbons (Fsp3) is 0.0667. The molecule has 2 heterocycles. The molecule has 7 nitrogen and oxygen atoms in total. The van der Waals surface area contributed by atoms with Crippen molar-refractivity contribution < 1.29 is 19.4 Å². The molecule has 1 aromatic carbocycles. The Labute approximate surface area is 134 Å². The number of methoxy groups -OCH3 is 1. The number of thiazole rings is 1. The van der Waals surface area contributed by atoms with E-state index in [4.69, 9.17) is 9.84 Å². The van der Waals surface area contributed by atoms with Gasteiger partial charge in [0.1, 0.15) is 0 Å².